The van der Waals surface area contributed by atoms with E-state index < -0.39 is 41.1 Å². The van der Waals surface area contributed by atoms with Crippen molar-refractivity contribution in [3.05, 3.63) is 95.1 Å². The summed E-state index contributed by atoms with van der Waals surface area (Å²) < 4.78 is 38.8. The van der Waals surface area contributed by atoms with Crippen LogP contribution in [0.15, 0.2) is 66.7 Å². The summed E-state index contributed by atoms with van der Waals surface area (Å²) in [5.41, 5.74) is -0.0240. The fourth-order valence-corrected chi connectivity index (χ4v) is 3.82. The fraction of sp³-hybridized carbons (Fsp3) is 0.300. The number of aliphatic carboxylic acids is 1. The topological polar surface area (TPSA) is 102 Å². The number of esters is 1. The van der Waals surface area contributed by atoms with Crippen molar-refractivity contribution >= 4 is 17.8 Å². The van der Waals surface area contributed by atoms with Crippen LogP contribution in [0, 0.1) is 11.6 Å². The highest BCUT2D eigenvalue weighted by Crippen LogP contribution is 2.19. The van der Waals surface area contributed by atoms with Crippen molar-refractivity contribution in [2.45, 2.75) is 51.5 Å². The summed E-state index contributed by atoms with van der Waals surface area (Å²) in [4.78, 5) is 36.5. The van der Waals surface area contributed by atoms with E-state index in [9.17, 15) is 28.3 Å². The molecule has 3 rings (SSSR count). The number of halogens is 2. The molecule has 0 saturated heterocycles. The van der Waals surface area contributed by atoms with Gasteiger partial charge in [-0.05, 0) is 60.5 Å². The van der Waals surface area contributed by atoms with Gasteiger partial charge in [-0.1, -0.05) is 50.8 Å². The lowest BCUT2D eigenvalue weighted by atomic mass is 10.0. The lowest BCUT2D eigenvalue weighted by molar-refractivity contribution is -0.139. The van der Waals surface area contributed by atoms with Crippen molar-refractivity contribution in [2.75, 3.05) is 6.61 Å². The van der Waals surface area contributed by atoms with Crippen LogP contribution in [0.3, 0.4) is 0 Å². The zero-order valence-electron chi connectivity index (χ0n) is 21.6. The van der Waals surface area contributed by atoms with Crippen LogP contribution in [-0.2, 0) is 11.2 Å². The van der Waals surface area contributed by atoms with E-state index >= 15 is 0 Å². The number of rotatable bonds is 14. The van der Waals surface area contributed by atoms with Gasteiger partial charge in [-0.2, -0.15) is 0 Å². The molecule has 0 aliphatic carbocycles. The number of carboxylic acid groups (broad SMARTS) is 1. The van der Waals surface area contributed by atoms with E-state index in [1.165, 1.54) is 43.5 Å². The van der Waals surface area contributed by atoms with Crippen molar-refractivity contribution in [1.82, 2.24) is 5.32 Å². The predicted molar refractivity (Wildman–Crippen MR) is 141 cm³/mol. The maximum atomic E-state index is 13.9. The maximum Gasteiger partial charge on any atom is 0.343 e. The third-order valence-corrected chi connectivity index (χ3v) is 5.97. The highest BCUT2D eigenvalue weighted by atomic mass is 19.1. The molecule has 206 valence electrons. The van der Waals surface area contributed by atoms with Gasteiger partial charge in [0, 0.05) is 6.42 Å². The van der Waals surface area contributed by atoms with Gasteiger partial charge in [-0.3, -0.25) is 4.79 Å². The van der Waals surface area contributed by atoms with Crippen LogP contribution in [0.2, 0.25) is 0 Å². The van der Waals surface area contributed by atoms with E-state index in [-0.39, 0.29) is 12.2 Å². The second-order valence-electron chi connectivity index (χ2n) is 8.99. The molecule has 1 amide bonds. The smallest absolute Gasteiger partial charge is 0.343 e. The van der Waals surface area contributed by atoms with Crippen molar-refractivity contribution in [3.8, 4) is 11.5 Å². The minimum Gasteiger partial charge on any atom is -0.494 e. The number of unbranched alkanes of at least 4 members (excludes halogenated alkanes) is 4. The molecule has 0 unspecified atom stereocenters. The number of carbonyl (C=O) groups is 3. The average molecular weight is 540 g/mol. The van der Waals surface area contributed by atoms with Crippen LogP contribution in [0.4, 0.5) is 8.78 Å². The Morgan fingerprint density at radius 1 is 0.846 bits per heavy atom. The second-order valence-corrected chi connectivity index (χ2v) is 8.99. The van der Waals surface area contributed by atoms with Crippen LogP contribution < -0.4 is 14.8 Å². The standard InChI is InChI=1S/C30H31F2NO6/c1-2-3-4-5-6-18-38-22-16-12-21(13-17-22)30(37)39-23-14-10-20(11-15-23)19-26(29(35)36)33-28(34)27-24(31)8-7-9-25(27)32/h7-17,26H,2-6,18-19H2,1H3,(H,33,34)(H,35,36)/t26-/m0/s1. The van der Waals surface area contributed by atoms with Crippen molar-refractivity contribution < 1.29 is 37.7 Å². The molecular formula is C30H31F2NO6. The van der Waals surface area contributed by atoms with Crippen LogP contribution in [0.1, 0.15) is 65.3 Å². The molecule has 0 aliphatic heterocycles. The Morgan fingerprint density at radius 2 is 1.46 bits per heavy atom. The van der Waals surface area contributed by atoms with Gasteiger partial charge in [0.2, 0.25) is 0 Å². The van der Waals surface area contributed by atoms with Crippen LogP contribution in [0.5, 0.6) is 11.5 Å². The minimum absolute atomic E-state index is 0.161. The Morgan fingerprint density at radius 3 is 2.08 bits per heavy atom. The number of nitrogens with one attached hydrogen (secondary N) is 1. The second kappa shape index (κ2) is 14.6. The molecule has 0 heterocycles. The van der Waals surface area contributed by atoms with E-state index in [4.69, 9.17) is 9.47 Å². The molecule has 0 spiro atoms. The molecule has 0 radical (unpaired) electrons. The summed E-state index contributed by atoms with van der Waals surface area (Å²) in [7, 11) is 0. The Balaban J connectivity index is 1.53. The summed E-state index contributed by atoms with van der Waals surface area (Å²) in [5, 5.41) is 11.6. The van der Waals surface area contributed by atoms with Gasteiger partial charge in [-0.25, -0.2) is 18.4 Å². The van der Waals surface area contributed by atoms with Gasteiger partial charge in [0.25, 0.3) is 5.91 Å². The van der Waals surface area contributed by atoms with Gasteiger partial charge < -0.3 is 19.9 Å². The first-order chi connectivity index (χ1) is 18.8. The predicted octanol–water partition coefficient (Wildman–Crippen LogP) is 5.96. The molecule has 39 heavy (non-hydrogen) atoms. The maximum absolute atomic E-state index is 13.9. The SMILES string of the molecule is CCCCCCCOc1ccc(C(=O)Oc2ccc(C[C@H](NC(=O)c3c(F)cccc3F)C(=O)O)cc2)cc1. The largest absolute Gasteiger partial charge is 0.494 e. The van der Waals surface area contributed by atoms with E-state index in [0.29, 0.717) is 23.5 Å². The first-order valence-corrected chi connectivity index (χ1v) is 12.8. The van der Waals surface area contributed by atoms with Gasteiger partial charge in [-0.15, -0.1) is 0 Å². The van der Waals surface area contributed by atoms with Gasteiger partial charge in [0.05, 0.1) is 12.2 Å². The highest BCUT2D eigenvalue weighted by Gasteiger charge is 2.25. The third kappa shape index (κ3) is 8.91. The molecule has 3 aromatic carbocycles. The molecule has 0 fully saturated rings. The Kier molecular flexibility index (Phi) is 11.0. The van der Waals surface area contributed by atoms with Crippen molar-refractivity contribution in [2.24, 2.45) is 0 Å². The summed E-state index contributed by atoms with van der Waals surface area (Å²) in [6.45, 7) is 2.79. The Hall–Kier alpha value is -4.27. The van der Waals surface area contributed by atoms with E-state index in [0.717, 1.165) is 31.0 Å². The monoisotopic (exact) mass is 539 g/mol. The van der Waals surface area contributed by atoms with E-state index in [2.05, 4.69) is 12.2 Å². The molecule has 0 saturated carbocycles. The number of carboxylic acids is 1. The van der Waals surface area contributed by atoms with Gasteiger partial charge >= 0.3 is 11.9 Å². The highest BCUT2D eigenvalue weighted by molar-refractivity contribution is 5.97. The number of hydrogen-bond donors (Lipinski definition) is 2. The summed E-state index contributed by atoms with van der Waals surface area (Å²) >= 11 is 0. The fourth-order valence-electron chi connectivity index (χ4n) is 3.82. The first kappa shape index (κ1) is 29.3. The number of hydrogen-bond acceptors (Lipinski definition) is 5. The Bertz CT molecular complexity index is 1240. The van der Waals surface area contributed by atoms with Crippen LogP contribution in [0.25, 0.3) is 0 Å². The molecule has 7 nitrogen and oxygen atoms in total. The summed E-state index contributed by atoms with van der Waals surface area (Å²) in [6, 6.07) is 14.2. The van der Waals surface area contributed by atoms with E-state index in [1.54, 1.807) is 24.3 Å². The van der Waals surface area contributed by atoms with Crippen molar-refractivity contribution in [3.63, 3.8) is 0 Å². The van der Waals surface area contributed by atoms with Crippen molar-refractivity contribution in [1.29, 1.82) is 0 Å². The molecular weight excluding hydrogens is 508 g/mol. The quantitative estimate of drug-likeness (QED) is 0.149. The molecule has 0 aromatic heterocycles. The average Bonchev–Trinajstić information content (AvgIpc) is 2.91. The lowest BCUT2D eigenvalue weighted by Crippen LogP contribution is -2.42. The van der Waals surface area contributed by atoms with E-state index in [1.807, 2.05) is 0 Å². The normalized spacial score (nSPS) is 11.5. The zero-order valence-corrected chi connectivity index (χ0v) is 21.6. The summed E-state index contributed by atoms with van der Waals surface area (Å²) in [5.74, 6) is -4.40. The number of benzene rings is 3. The first-order valence-electron chi connectivity index (χ1n) is 12.8. The molecule has 3 aromatic rings. The molecule has 0 aliphatic rings. The zero-order chi connectivity index (χ0) is 28.2. The molecule has 9 heteroatoms. The summed E-state index contributed by atoms with van der Waals surface area (Å²) in [6.07, 6.45) is 5.54. The Labute approximate surface area is 225 Å². The van der Waals surface area contributed by atoms with Gasteiger partial charge in [0.15, 0.2) is 0 Å². The number of ether oxygens (including phenoxy) is 2. The van der Waals surface area contributed by atoms with Crippen LogP contribution >= 0.6 is 0 Å². The van der Waals surface area contributed by atoms with Crippen LogP contribution in [-0.4, -0.2) is 35.6 Å². The molecule has 0 bridgehead atoms. The van der Waals surface area contributed by atoms with Gasteiger partial charge in [0.1, 0.15) is 34.7 Å². The minimum atomic E-state index is -1.44. The molecule has 2 N–H and O–H groups in total. The number of carbonyl (C=O) groups excluding carboxylic acids is 2. The third-order valence-electron chi connectivity index (χ3n) is 5.97. The lowest BCUT2D eigenvalue weighted by Gasteiger charge is -2.15. The number of amides is 1. The molecule has 1 atom stereocenters.